The van der Waals surface area contributed by atoms with Gasteiger partial charge in [0.05, 0.1) is 5.56 Å². The van der Waals surface area contributed by atoms with Gasteiger partial charge in [-0.2, -0.15) is 0 Å². The van der Waals surface area contributed by atoms with Gasteiger partial charge in [0.15, 0.2) is 0 Å². The normalized spacial score (nSPS) is 10.2. The van der Waals surface area contributed by atoms with E-state index in [-0.39, 0.29) is 5.91 Å². The van der Waals surface area contributed by atoms with Gasteiger partial charge in [-0.05, 0) is 48.0 Å². The van der Waals surface area contributed by atoms with Crippen molar-refractivity contribution in [1.82, 2.24) is 4.98 Å². The average Bonchev–Trinajstić information content (AvgIpc) is 2.43. The Morgan fingerprint density at radius 1 is 1.30 bits per heavy atom. The molecule has 0 saturated carbocycles. The first kappa shape index (κ1) is 14.5. The Labute approximate surface area is 126 Å². The highest BCUT2D eigenvalue weighted by molar-refractivity contribution is 9.10. The topological polar surface area (TPSA) is 54.0 Å². The number of anilines is 2. The summed E-state index contributed by atoms with van der Waals surface area (Å²) in [6.07, 6.45) is 1.67. The molecule has 0 saturated heterocycles. The maximum atomic E-state index is 12.3. The molecule has 0 atom stereocenters. The summed E-state index contributed by atoms with van der Waals surface area (Å²) in [4.78, 5) is 16.6. The summed E-state index contributed by atoms with van der Waals surface area (Å²) in [5.41, 5.74) is 2.44. The smallest absolute Gasteiger partial charge is 0.259 e. The van der Waals surface area contributed by atoms with Crippen molar-refractivity contribution < 1.29 is 4.79 Å². The van der Waals surface area contributed by atoms with E-state index < -0.39 is 0 Å². The molecule has 0 aliphatic carbocycles. The molecule has 1 aromatic carbocycles. The van der Waals surface area contributed by atoms with Crippen molar-refractivity contribution in [2.75, 3.05) is 17.2 Å². The van der Waals surface area contributed by atoms with E-state index in [1.165, 1.54) is 0 Å². The lowest BCUT2D eigenvalue weighted by molar-refractivity contribution is 0.102. The van der Waals surface area contributed by atoms with Crippen molar-refractivity contribution in [3.63, 3.8) is 0 Å². The van der Waals surface area contributed by atoms with Gasteiger partial charge >= 0.3 is 0 Å². The van der Waals surface area contributed by atoms with Gasteiger partial charge in [-0.1, -0.05) is 17.7 Å². The number of aromatic nitrogens is 1. The molecule has 20 heavy (non-hydrogen) atoms. The largest absolute Gasteiger partial charge is 0.370 e. The third-order valence-corrected chi connectivity index (χ3v) is 3.19. The molecule has 1 heterocycles. The highest BCUT2D eigenvalue weighted by atomic mass is 79.9. The minimum atomic E-state index is -0.182. The molecule has 0 bridgehead atoms. The summed E-state index contributed by atoms with van der Waals surface area (Å²) < 4.78 is 0.771. The van der Waals surface area contributed by atoms with Gasteiger partial charge in [0.25, 0.3) is 5.91 Å². The van der Waals surface area contributed by atoms with E-state index in [0.29, 0.717) is 17.9 Å². The molecule has 0 aliphatic heterocycles. The Morgan fingerprint density at radius 2 is 2.00 bits per heavy atom. The van der Waals surface area contributed by atoms with Crippen molar-refractivity contribution in [2.45, 2.75) is 13.8 Å². The lowest BCUT2D eigenvalue weighted by Gasteiger charge is -2.10. The predicted octanol–water partition coefficient (Wildman–Crippen LogP) is 3.84. The summed E-state index contributed by atoms with van der Waals surface area (Å²) in [7, 11) is 0. The van der Waals surface area contributed by atoms with Crippen LogP contribution >= 0.6 is 15.9 Å². The number of hydrogen-bond acceptors (Lipinski definition) is 3. The van der Waals surface area contributed by atoms with E-state index in [1.807, 2.05) is 38.1 Å². The third-order valence-electron chi connectivity index (χ3n) is 2.75. The van der Waals surface area contributed by atoms with Crippen LogP contribution in [0.25, 0.3) is 0 Å². The molecule has 0 fully saturated rings. The highest BCUT2D eigenvalue weighted by Gasteiger charge is 2.13. The van der Waals surface area contributed by atoms with Gasteiger partial charge in [0, 0.05) is 22.9 Å². The molecular weight excluding hydrogens is 318 g/mol. The molecule has 1 aromatic heterocycles. The second kappa shape index (κ2) is 6.52. The molecule has 2 aromatic rings. The van der Waals surface area contributed by atoms with Gasteiger partial charge in [-0.25, -0.2) is 4.98 Å². The van der Waals surface area contributed by atoms with Crippen LogP contribution in [-0.4, -0.2) is 17.4 Å². The Morgan fingerprint density at radius 3 is 2.65 bits per heavy atom. The molecule has 104 valence electrons. The fourth-order valence-corrected chi connectivity index (χ4v) is 2.09. The van der Waals surface area contributed by atoms with E-state index in [2.05, 4.69) is 31.5 Å². The maximum absolute atomic E-state index is 12.3. The number of rotatable bonds is 4. The monoisotopic (exact) mass is 333 g/mol. The lowest BCUT2D eigenvalue weighted by atomic mass is 10.2. The van der Waals surface area contributed by atoms with E-state index in [0.717, 1.165) is 15.7 Å². The van der Waals surface area contributed by atoms with Crippen LogP contribution in [0, 0.1) is 6.92 Å². The standard InChI is InChI=1S/C15H16BrN3O/c1-3-17-14-13(8-11(16)9-18-14)15(20)19-12-6-4-10(2)5-7-12/h4-9H,3H2,1-2H3,(H,17,18)(H,19,20). The Balaban J connectivity index is 2.23. The first-order valence-electron chi connectivity index (χ1n) is 6.37. The molecule has 1 amide bonds. The highest BCUT2D eigenvalue weighted by Crippen LogP contribution is 2.19. The molecule has 2 rings (SSSR count). The van der Waals surface area contributed by atoms with E-state index in [4.69, 9.17) is 0 Å². The Bertz CT molecular complexity index is 611. The number of aryl methyl sites for hydroxylation is 1. The Hall–Kier alpha value is -1.88. The number of nitrogens with zero attached hydrogens (tertiary/aromatic N) is 1. The summed E-state index contributed by atoms with van der Waals surface area (Å²) in [6.45, 7) is 4.68. The first-order chi connectivity index (χ1) is 9.60. The number of benzene rings is 1. The number of hydrogen-bond donors (Lipinski definition) is 2. The lowest BCUT2D eigenvalue weighted by Crippen LogP contribution is -2.15. The number of pyridine rings is 1. The van der Waals surface area contributed by atoms with Gasteiger partial charge in [-0.15, -0.1) is 0 Å². The van der Waals surface area contributed by atoms with Crippen molar-refractivity contribution in [1.29, 1.82) is 0 Å². The summed E-state index contributed by atoms with van der Waals surface area (Å²) in [6, 6.07) is 9.44. The molecular formula is C15H16BrN3O. The van der Waals surface area contributed by atoms with Crippen LogP contribution in [0.15, 0.2) is 41.0 Å². The number of halogens is 1. The zero-order chi connectivity index (χ0) is 14.5. The minimum absolute atomic E-state index is 0.182. The fourth-order valence-electron chi connectivity index (χ4n) is 1.76. The van der Waals surface area contributed by atoms with Crippen molar-refractivity contribution in [3.8, 4) is 0 Å². The molecule has 4 nitrogen and oxygen atoms in total. The van der Waals surface area contributed by atoms with Gasteiger partial charge < -0.3 is 10.6 Å². The van der Waals surface area contributed by atoms with E-state index >= 15 is 0 Å². The number of nitrogens with one attached hydrogen (secondary N) is 2. The molecule has 0 aliphatic rings. The quantitative estimate of drug-likeness (QED) is 0.893. The predicted molar refractivity (Wildman–Crippen MR) is 85.2 cm³/mol. The average molecular weight is 334 g/mol. The van der Waals surface area contributed by atoms with Gasteiger partial charge in [0.1, 0.15) is 5.82 Å². The molecule has 0 radical (unpaired) electrons. The first-order valence-corrected chi connectivity index (χ1v) is 7.17. The van der Waals surface area contributed by atoms with Crippen LogP contribution in [0.4, 0.5) is 11.5 Å². The second-order valence-corrected chi connectivity index (χ2v) is 5.32. The van der Waals surface area contributed by atoms with Crippen LogP contribution in [0.2, 0.25) is 0 Å². The molecule has 2 N–H and O–H groups in total. The summed E-state index contributed by atoms with van der Waals surface area (Å²) >= 11 is 3.34. The third kappa shape index (κ3) is 3.57. The van der Waals surface area contributed by atoms with Crippen LogP contribution < -0.4 is 10.6 Å². The summed E-state index contributed by atoms with van der Waals surface area (Å²) in [5, 5.41) is 5.96. The minimum Gasteiger partial charge on any atom is -0.370 e. The van der Waals surface area contributed by atoms with Crippen LogP contribution in [-0.2, 0) is 0 Å². The summed E-state index contributed by atoms with van der Waals surface area (Å²) in [5.74, 6) is 0.402. The van der Waals surface area contributed by atoms with Crippen molar-refractivity contribution >= 4 is 33.3 Å². The maximum Gasteiger partial charge on any atom is 0.259 e. The fraction of sp³-hybridized carbons (Fsp3) is 0.200. The van der Waals surface area contributed by atoms with E-state index in [9.17, 15) is 4.79 Å². The Kier molecular flexibility index (Phi) is 4.74. The zero-order valence-electron chi connectivity index (χ0n) is 11.4. The number of carbonyl (C=O) groups is 1. The number of carbonyl (C=O) groups excluding carboxylic acids is 1. The van der Waals surface area contributed by atoms with E-state index in [1.54, 1.807) is 12.3 Å². The van der Waals surface area contributed by atoms with Crippen molar-refractivity contribution in [3.05, 3.63) is 52.1 Å². The second-order valence-electron chi connectivity index (χ2n) is 4.40. The van der Waals surface area contributed by atoms with Crippen LogP contribution in [0.3, 0.4) is 0 Å². The van der Waals surface area contributed by atoms with Gasteiger partial charge in [-0.3, -0.25) is 4.79 Å². The SMILES string of the molecule is CCNc1ncc(Br)cc1C(=O)Nc1ccc(C)cc1. The van der Waals surface area contributed by atoms with Crippen molar-refractivity contribution in [2.24, 2.45) is 0 Å². The van der Waals surface area contributed by atoms with Crippen LogP contribution in [0.1, 0.15) is 22.8 Å². The molecule has 5 heteroatoms. The number of amides is 1. The molecule has 0 spiro atoms. The molecule has 0 unspecified atom stereocenters. The van der Waals surface area contributed by atoms with Crippen LogP contribution in [0.5, 0.6) is 0 Å². The van der Waals surface area contributed by atoms with Gasteiger partial charge in [0.2, 0.25) is 0 Å². The zero-order valence-corrected chi connectivity index (χ0v) is 13.0.